The van der Waals surface area contributed by atoms with E-state index in [2.05, 4.69) is 16.8 Å². The lowest BCUT2D eigenvalue weighted by molar-refractivity contribution is 0.387. The fourth-order valence-electron chi connectivity index (χ4n) is 3.09. The van der Waals surface area contributed by atoms with E-state index < -0.39 is 0 Å². The van der Waals surface area contributed by atoms with Gasteiger partial charge in [0.2, 0.25) is 0 Å². The van der Waals surface area contributed by atoms with Gasteiger partial charge in [-0.25, -0.2) is 4.39 Å². The van der Waals surface area contributed by atoms with Crippen LogP contribution in [0.15, 0.2) is 24.3 Å². The summed E-state index contributed by atoms with van der Waals surface area (Å²) in [5.41, 5.74) is 1.17. The highest BCUT2D eigenvalue weighted by Crippen LogP contribution is 2.33. The van der Waals surface area contributed by atoms with Crippen molar-refractivity contribution in [3.8, 4) is 0 Å². The van der Waals surface area contributed by atoms with Crippen LogP contribution in [-0.4, -0.2) is 38.1 Å². The second-order valence-corrected chi connectivity index (χ2v) is 5.12. The zero-order valence-corrected chi connectivity index (χ0v) is 11.6. The Labute approximate surface area is 109 Å². The molecular weight excluding hydrogens is 227 g/mol. The Morgan fingerprint density at radius 1 is 0.944 bits per heavy atom. The first-order valence-electron chi connectivity index (χ1n) is 6.91. The number of anilines is 1. The molecule has 2 fully saturated rings. The van der Waals surface area contributed by atoms with Crippen molar-refractivity contribution in [3.63, 3.8) is 0 Å². The second kappa shape index (κ2) is 5.70. The number of benzene rings is 1. The topological polar surface area (TPSA) is 6.48 Å². The highest BCUT2D eigenvalue weighted by atomic mass is 19.1. The minimum Gasteiger partial charge on any atom is -0.371 e. The molecule has 1 aromatic carbocycles. The zero-order chi connectivity index (χ0) is 13.1. The number of nitrogens with zero attached hydrogens (tertiary/aromatic N) is 2. The van der Waals surface area contributed by atoms with E-state index in [0.717, 1.165) is 24.9 Å². The molecule has 0 N–H and O–H groups in total. The van der Waals surface area contributed by atoms with E-state index in [4.69, 9.17) is 0 Å². The minimum absolute atomic E-state index is 0.150. The molecule has 3 heteroatoms. The third-order valence-corrected chi connectivity index (χ3v) is 3.86. The second-order valence-electron chi connectivity index (χ2n) is 5.12. The Morgan fingerprint density at radius 2 is 1.44 bits per heavy atom. The van der Waals surface area contributed by atoms with Crippen LogP contribution in [0.4, 0.5) is 10.1 Å². The van der Waals surface area contributed by atoms with Crippen molar-refractivity contribution >= 4 is 5.69 Å². The van der Waals surface area contributed by atoms with Crippen LogP contribution in [0.2, 0.25) is 0 Å². The molecule has 2 atom stereocenters. The minimum atomic E-state index is -0.150. The molecule has 0 amide bonds. The summed E-state index contributed by atoms with van der Waals surface area (Å²) in [5.74, 6) is 1.45. The third-order valence-electron chi connectivity index (χ3n) is 3.86. The van der Waals surface area contributed by atoms with Crippen LogP contribution in [0.1, 0.15) is 13.8 Å². The first kappa shape index (κ1) is 13.3. The molecule has 0 spiro atoms. The quantitative estimate of drug-likeness (QED) is 0.756. The lowest BCUT2D eigenvalue weighted by Gasteiger charge is -2.21. The van der Waals surface area contributed by atoms with E-state index in [1.54, 1.807) is 12.1 Å². The molecule has 0 aromatic heterocycles. The van der Waals surface area contributed by atoms with E-state index in [9.17, 15) is 4.39 Å². The summed E-state index contributed by atoms with van der Waals surface area (Å²) in [6.07, 6.45) is 0. The molecule has 2 aliphatic heterocycles. The zero-order valence-electron chi connectivity index (χ0n) is 11.6. The largest absolute Gasteiger partial charge is 0.371 e. The normalized spacial score (nSPS) is 26.8. The monoisotopic (exact) mass is 250 g/mol. The summed E-state index contributed by atoms with van der Waals surface area (Å²) >= 11 is 0. The molecule has 0 aliphatic carbocycles. The maximum Gasteiger partial charge on any atom is 0.123 e. The van der Waals surface area contributed by atoms with E-state index in [0.29, 0.717) is 0 Å². The summed E-state index contributed by atoms with van der Waals surface area (Å²) in [6.45, 7) is 8.67. The van der Waals surface area contributed by atoms with E-state index in [1.165, 1.54) is 18.8 Å². The Hall–Kier alpha value is -1.09. The third kappa shape index (κ3) is 2.66. The number of rotatable bonds is 1. The van der Waals surface area contributed by atoms with Gasteiger partial charge in [0.05, 0.1) is 0 Å². The lowest BCUT2D eigenvalue weighted by Crippen LogP contribution is -2.26. The van der Waals surface area contributed by atoms with Crippen LogP contribution >= 0.6 is 0 Å². The highest BCUT2D eigenvalue weighted by molar-refractivity contribution is 5.47. The van der Waals surface area contributed by atoms with Crippen LogP contribution in [0.3, 0.4) is 0 Å². The van der Waals surface area contributed by atoms with Crippen molar-refractivity contribution in [2.24, 2.45) is 11.8 Å². The fraction of sp³-hybridized carbons (Fsp3) is 0.600. The number of fused-ring (bicyclic) bond motifs is 1. The van der Waals surface area contributed by atoms with Crippen LogP contribution < -0.4 is 4.90 Å². The average Bonchev–Trinajstić information content (AvgIpc) is 2.89. The van der Waals surface area contributed by atoms with Crippen molar-refractivity contribution < 1.29 is 4.39 Å². The number of likely N-dealkylation sites (tertiary alicyclic amines) is 1. The number of hydrogen-bond acceptors (Lipinski definition) is 2. The highest BCUT2D eigenvalue weighted by Gasteiger charge is 2.38. The molecule has 2 unspecified atom stereocenters. The maximum atomic E-state index is 12.8. The number of halogens is 1. The van der Waals surface area contributed by atoms with Gasteiger partial charge in [0.25, 0.3) is 0 Å². The SMILES string of the molecule is CC.CN1CC2CN(c3ccc(F)cc3)CC2C1. The molecule has 100 valence electrons. The van der Waals surface area contributed by atoms with E-state index >= 15 is 0 Å². The van der Waals surface area contributed by atoms with Gasteiger partial charge in [0.1, 0.15) is 5.82 Å². The molecule has 0 radical (unpaired) electrons. The molecule has 2 saturated heterocycles. The van der Waals surface area contributed by atoms with Crippen molar-refractivity contribution in [1.29, 1.82) is 0 Å². The fourth-order valence-corrected chi connectivity index (χ4v) is 3.09. The molecule has 2 nitrogen and oxygen atoms in total. The van der Waals surface area contributed by atoms with Gasteiger partial charge >= 0.3 is 0 Å². The Kier molecular flexibility index (Phi) is 4.23. The van der Waals surface area contributed by atoms with Crippen LogP contribution in [-0.2, 0) is 0 Å². The van der Waals surface area contributed by atoms with Gasteiger partial charge in [-0.15, -0.1) is 0 Å². The Bertz CT molecular complexity index is 363. The van der Waals surface area contributed by atoms with Crippen LogP contribution in [0, 0.1) is 17.7 Å². The van der Waals surface area contributed by atoms with Crippen molar-refractivity contribution in [1.82, 2.24) is 4.90 Å². The van der Waals surface area contributed by atoms with Gasteiger partial charge in [0.15, 0.2) is 0 Å². The van der Waals surface area contributed by atoms with Crippen molar-refractivity contribution in [3.05, 3.63) is 30.1 Å². The smallest absolute Gasteiger partial charge is 0.123 e. The van der Waals surface area contributed by atoms with Crippen LogP contribution in [0.25, 0.3) is 0 Å². The molecule has 0 bridgehead atoms. The van der Waals surface area contributed by atoms with Gasteiger partial charge < -0.3 is 9.80 Å². The summed E-state index contributed by atoms with van der Waals surface area (Å²) in [4.78, 5) is 4.80. The summed E-state index contributed by atoms with van der Waals surface area (Å²) in [5, 5.41) is 0. The summed E-state index contributed by atoms with van der Waals surface area (Å²) < 4.78 is 12.8. The van der Waals surface area contributed by atoms with Crippen molar-refractivity contribution in [2.45, 2.75) is 13.8 Å². The first-order valence-corrected chi connectivity index (χ1v) is 6.91. The summed E-state index contributed by atoms with van der Waals surface area (Å²) in [6, 6.07) is 6.88. The van der Waals surface area contributed by atoms with Gasteiger partial charge in [-0.1, -0.05) is 13.8 Å². The maximum absolute atomic E-state index is 12.8. The molecule has 0 saturated carbocycles. The van der Waals surface area contributed by atoms with E-state index in [1.807, 2.05) is 26.0 Å². The Balaban J connectivity index is 0.000000574. The molecule has 18 heavy (non-hydrogen) atoms. The predicted molar refractivity (Wildman–Crippen MR) is 74.4 cm³/mol. The van der Waals surface area contributed by atoms with Gasteiger partial charge in [-0.2, -0.15) is 0 Å². The lowest BCUT2D eigenvalue weighted by atomic mass is 10.0. The van der Waals surface area contributed by atoms with Gasteiger partial charge in [-0.05, 0) is 43.1 Å². The molecular formula is C15H23FN2. The predicted octanol–water partition coefficient (Wildman–Crippen LogP) is 2.85. The Morgan fingerprint density at radius 3 is 1.94 bits per heavy atom. The molecule has 2 aliphatic rings. The standard InChI is InChI=1S/C13H17FN2.C2H6/c1-15-6-10-8-16(9-11(10)7-15)13-4-2-12(14)3-5-13;1-2/h2-5,10-11H,6-9H2,1H3;1-2H3. The van der Waals surface area contributed by atoms with E-state index in [-0.39, 0.29) is 5.82 Å². The van der Waals surface area contributed by atoms with Crippen molar-refractivity contribution in [2.75, 3.05) is 38.1 Å². The summed E-state index contributed by atoms with van der Waals surface area (Å²) in [7, 11) is 2.19. The molecule has 2 heterocycles. The first-order chi connectivity index (χ1) is 8.72. The van der Waals surface area contributed by atoms with Gasteiger partial charge in [-0.3, -0.25) is 0 Å². The molecule has 1 aromatic rings. The molecule has 3 rings (SSSR count). The number of hydrogen-bond donors (Lipinski definition) is 0. The van der Waals surface area contributed by atoms with Crippen LogP contribution in [0.5, 0.6) is 0 Å². The van der Waals surface area contributed by atoms with Gasteiger partial charge in [0, 0.05) is 31.9 Å². The average molecular weight is 250 g/mol.